The van der Waals surface area contributed by atoms with Gasteiger partial charge in [-0.25, -0.2) is 0 Å². The van der Waals surface area contributed by atoms with Crippen LogP contribution in [0.1, 0.15) is 141 Å². The van der Waals surface area contributed by atoms with E-state index in [4.69, 9.17) is 0 Å². The fourth-order valence-electron chi connectivity index (χ4n) is 5.74. The van der Waals surface area contributed by atoms with Crippen LogP contribution in [-0.2, 0) is 16.0 Å². The van der Waals surface area contributed by atoms with Gasteiger partial charge in [0.15, 0.2) is 5.78 Å². The second kappa shape index (κ2) is 18.2. The van der Waals surface area contributed by atoms with Crippen molar-refractivity contribution in [3.63, 3.8) is 0 Å². The summed E-state index contributed by atoms with van der Waals surface area (Å²) >= 11 is 0. The van der Waals surface area contributed by atoms with E-state index in [1.54, 1.807) is 0 Å². The Morgan fingerprint density at radius 2 is 1.48 bits per heavy atom. The predicted octanol–water partition coefficient (Wildman–Crippen LogP) is 11.0. The van der Waals surface area contributed by atoms with E-state index in [1.165, 1.54) is 30.9 Å². The number of fused-ring (bicyclic) bond motifs is 1. The Balaban J connectivity index is 0.000000857. The summed E-state index contributed by atoms with van der Waals surface area (Å²) in [7, 11) is 0. The van der Waals surface area contributed by atoms with E-state index in [-0.39, 0.29) is 41.5 Å². The van der Waals surface area contributed by atoms with Gasteiger partial charge in [-0.3, -0.25) is 14.4 Å². The Labute approximate surface area is 258 Å². The number of rotatable bonds is 10. The molecule has 0 aliphatic heterocycles. The maximum atomic E-state index is 13.3. The van der Waals surface area contributed by atoms with Crippen LogP contribution in [0.3, 0.4) is 0 Å². The van der Waals surface area contributed by atoms with Gasteiger partial charge in [-0.15, -0.1) is 0 Å². The smallest absolute Gasteiger partial charge is 0.163 e. The van der Waals surface area contributed by atoms with Gasteiger partial charge in [-0.2, -0.15) is 0 Å². The van der Waals surface area contributed by atoms with Gasteiger partial charge >= 0.3 is 0 Å². The van der Waals surface area contributed by atoms with Crippen LogP contribution in [-0.4, -0.2) is 17.3 Å². The molecule has 3 nitrogen and oxygen atoms in total. The quantitative estimate of drug-likeness (QED) is 0.264. The highest BCUT2D eigenvalue weighted by Crippen LogP contribution is 2.40. The average molecular weight is 577 g/mol. The summed E-state index contributed by atoms with van der Waals surface area (Å²) in [6.07, 6.45) is 7.53. The number of aryl methyl sites for hydroxylation is 2. The lowest BCUT2D eigenvalue weighted by atomic mass is 9.71. The van der Waals surface area contributed by atoms with Crippen molar-refractivity contribution in [1.29, 1.82) is 0 Å². The summed E-state index contributed by atoms with van der Waals surface area (Å²) in [5, 5.41) is 0. The van der Waals surface area contributed by atoms with E-state index >= 15 is 0 Å². The topological polar surface area (TPSA) is 51.2 Å². The number of benzene rings is 2. The van der Waals surface area contributed by atoms with Crippen LogP contribution in [0.5, 0.6) is 0 Å². The molecular weight excluding hydrogens is 516 g/mol. The lowest BCUT2D eigenvalue weighted by Crippen LogP contribution is -2.30. The van der Waals surface area contributed by atoms with E-state index in [9.17, 15) is 14.4 Å². The standard InChI is InChI=1S/C30H38O3.C6H14.C3H8/c1-6-8-24(25(7-2)28(32)15-21(5)31)16-22-17-27-26(23-12-9-19(3)10-13-23)14-11-20(4)30(27)29(33)18-22;1-5-6(2,3)4;1-3-2/h9-14,22,24-25H,6-8,15-18H2,1-5H3;5H2,1-4H3;3H2,1-2H3. The van der Waals surface area contributed by atoms with Gasteiger partial charge in [0.05, 0.1) is 6.42 Å². The molecule has 234 valence electrons. The molecule has 1 aliphatic carbocycles. The van der Waals surface area contributed by atoms with E-state index in [0.717, 1.165) is 54.4 Å². The molecule has 42 heavy (non-hydrogen) atoms. The van der Waals surface area contributed by atoms with Crippen LogP contribution in [0.25, 0.3) is 11.1 Å². The number of carbonyl (C=O) groups is 3. The highest BCUT2D eigenvalue weighted by Gasteiger charge is 2.34. The largest absolute Gasteiger partial charge is 0.300 e. The molecule has 0 N–H and O–H groups in total. The van der Waals surface area contributed by atoms with E-state index < -0.39 is 0 Å². The van der Waals surface area contributed by atoms with Crippen molar-refractivity contribution < 1.29 is 14.4 Å². The first-order valence-corrected chi connectivity index (χ1v) is 16.5. The lowest BCUT2D eigenvalue weighted by molar-refractivity contribution is -0.129. The van der Waals surface area contributed by atoms with Gasteiger partial charge in [0.25, 0.3) is 0 Å². The molecule has 0 bridgehead atoms. The molecule has 1 aliphatic rings. The zero-order valence-electron chi connectivity index (χ0n) is 28.8. The van der Waals surface area contributed by atoms with Crippen molar-refractivity contribution in [2.24, 2.45) is 23.2 Å². The number of hydrogen-bond acceptors (Lipinski definition) is 3. The molecule has 0 spiro atoms. The summed E-state index contributed by atoms with van der Waals surface area (Å²) in [6.45, 7) is 23.0. The van der Waals surface area contributed by atoms with Crippen molar-refractivity contribution in [1.82, 2.24) is 0 Å². The Morgan fingerprint density at radius 1 is 0.905 bits per heavy atom. The van der Waals surface area contributed by atoms with Gasteiger partial charge in [0, 0.05) is 17.9 Å². The van der Waals surface area contributed by atoms with Crippen molar-refractivity contribution in [3.05, 3.63) is 58.7 Å². The molecule has 0 fully saturated rings. The van der Waals surface area contributed by atoms with Crippen molar-refractivity contribution >= 4 is 17.3 Å². The number of ketones is 3. The highest BCUT2D eigenvalue weighted by atomic mass is 16.1. The zero-order chi connectivity index (χ0) is 32.0. The molecule has 0 heterocycles. The minimum Gasteiger partial charge on any atom is -0.300 e. The zero-order valence-corrected chi connectivity index (χ0v) is 28.8. The molecular formula is C39H60O3. The average Bonchev–Trinajstić information content (AvgIpc) is 2.90. The van der Waals surface area contributed by atoms with Crippen LogP contribution in [0, 0.1) is 37.0 Å². The van der Waals surface area contributed by atoms with E-state index in [2.05, 4.69) is 91.8 Å². The first-order valence-electron chi connectivity index (χ1n) is 16.5. The SMILES string of the molecule is CCC.CCC(C)(C)C.CCCC(CC1CC(=O)c2c(C)ccc(-c3ccc(C)cc3)c2C1)C(CC)C(=O)CC(C)=O. The Hall–Kier alpha value is -2.55. The first-order chi connectivity index (χ1) is 19.7. The summed E-state index contributed by atoms with van der Waals surface area (Å²) < 4.78 is 0. The molecule has 2 aromatic rings. The first kappa shape index (κ1) is 37.5. The molecule has 2 aromatic carbocycles. The van der Waals surface area contributed by atoms with Crippen LogP contribution >= 0.6 is 0 Å². The summed E-state index contributed by atoms with van der Waals surface area (Å²) in [6, 6.07) is 12.7. The highest BCUT2D eigenvalue weighted by molar-refractivity contribution is 6.02. The third kappa shape index (κ3) is 12.0. The van der Waals surface area contributed by atoms with Crippen LogP contribution in [0.4, 0.5) is 0 Å². The normalized spacial score (nSPS) is 15.8. The second-order valence-corrected chi connectivity index (χ2v) is 13.6. The third-order valence-electron chi connectivity index (χ3n) is 8.33. The number of hydrogen-bond donors (Lipinski definition) is 0. The van der Waals surface area contributed by atoms with Crippen molar-refractivity contribution in [2.75, 3.05) is 0 Å². The maximum absolute atomic E-state index is 13.3. The second-order valence-electron chi connectivity index (χ2n) is 13.6. The van der Waals surface area contributed by atoms with Crippen LogP contribution < -0.4 is 0 Å². The number of Topliss-reactive ketones (excluding diaryl/α,β-unsaturated/α-hetero) is 3. The van der Waals surface area contributed by atoms with Gasteiger partial charge < -0.3 is 0 Å². The molecule has 0 amide bonds. The molecule has 3 atom stereocenters. The molecule has 3 heteroatoms. The Morgan fingerprint density at radius 3 is 1.95 bits per heavy atom. The van der Waals surface area contributed by atoms with Gasteiger partial charge in [-0.1, -0.05) is 123 Å². The summed E-state index contributed by atoms with van der Waals surface area (Å²) in [5.41, 5.74) is 7.18. The monoisotopic (exact) mass is 576 g/mol. The molecule has 0 aromatic heterocycles. The molecule has 3 rings (SSSR count). The van der Waals surface area contributed by atoms with Crippen molar-refractivity contribution in [3.8, 4) is 11.1 Å². The Kier molecular flexibility index (Phi) is 16.2. The maximum Gasteiger partial charge on any atom is 0.163 e. The molecule has 3 unspecified atom stereocenters. The van der Waals surface area contributed by atoms with Crippen LogP contribution in [0.15, 0.2) is 36.4 Å². The summed E-state index contributed by atoms with van der Waals surface area (Å²) in [4.78, 5) is 37.7. The number of carbonyl (C=O) groups excluding carboxylic acids is 3. The molecule has 0 radical (unpaired) electrons. The van der Waals surface area contributed by atoms with Crippen LogP contribution in [0.2, 0.25) is 0 Å². The minimum atomic E-state index is -0.0978. The van der Waals surface area contributed by atoms with Gasteiger partial charge in [0.1, 0.15) is 11.6 Å². The molecule has 0 saturated heterocycles. The molecule has 0 saturated carbocycles. The predicted molar refractivity (Wildman–Crippen MR) is 180 cm³/mol. The Bertz CT molecular complexity index is 1130. The fraction of sp³-hybridized carbons (Fsp3) is 0.615. The van der Waals surface area contributed by atoms with Gasteiger partial charge in [-0.05, 0) is 79.5 Å². The summed E-state index contributed by atoms with van der Waals surface area (Å²) in [5.74, 6) is 0.590. The fourth-order valence-corrected chi connectivity index (χ4v) is 5.74. The minimum absolute atomic E-state index is 0.0297. The van der Waals surface area contributed by atoms with Crippen molar-refractivity contribution in [2.45, 2.75) is 134 Å². The lowest BCUT2D eigenvalue weighted by Gasteiger charge is -2.32. The van der Waals surface area contributed by atoms with Gasteiger partial charge in [0.2, 0.25) is 0 Å². The van der Waals surface area contributed by atoms with E-state index in [0.29, 0.717) is 11.8 Å². The third-order valence-corrected chi connectivity index (χ3v) is 8.33. The van der Waals surface area contributed by atoms with E-state index in [1.807, 2.05) is 13.8 Å².